The molecule has 0 aliphatic heterocycles. The minimum absolute atomic E-state index is 0.225. The number of amides is 1. The molecule has 0 saturated carbocycles. The van der Waals surface area contributed by atoms with Gasteiger partial charge < -0.3 is 11.1 Å². The number of carbonyl (C=O) groups excluding carboxylic acids is 1. The van der Waals surface area contributed by atoms with Crippen LogP contribution in [0.15, 0.2) is 46.9 Å². The Balaban J connectivity index is 2.24. The van der Waals surface area contributed by atoms with Crippen LogP contribution in [-0.2, 0) is 0 Å². The van der Waals surface area contributed by atoms with E-state index in [1.54, 1.807) is 36.4 Å². The van der Waals surface area contributed by atoms with Crippen LogP contribution < -0.4 is 11.1 Å². The lowest BCUT2D eigenvalue weighted by atomic mass is 10.2. The summed E-state index contributed by atoms with van der Waals surface area (Å²) in [5, 5.41) is 3.28. The van der Waals surface area contributed by atoms with Crippen molar-refractivity contribution in [3.63, 3.8) is 0 Å². The van der Waals surface area contributed by atoms with Gasteiger partial charge in [0.15, 0.2) is 0 Å². The third-order valence-electron chi connectivity index (χ3n) is 2.38. The Morgan fingerprint density at radius 3 is 2.61 bits per heavy atom. The molecule has 2 aromatic rings. The van der Waals surface area contributed by atoms with Gasteiger partial charge in [-0.1, -0.05) is 23.7 Å². The second-order valence-corrected chi connectivity index (χ2v) is 4.96. The number of hydrogen-bond acceptors (Lipinski definition) is 2. The lowest BCUT2D eigenvalue weighted by Crippen LogP contribution is -2.13. The van der Waals surface area contributed by atoms with Gasteiger partial charge in [0.05, 0.1) is 16.9 Å². The standard InChI is InChI=1S/C13H10BrClN2O/c14-10-4-2-1-3-9(10)13(18)17-12-6-5-8(15)7-11(12)16/h1-7H,16H2,(H,17,18). The number of nitrogen functional groups attached to an aromatic ring is 1. The Morgan fingerprint density at radius 2 is 1.94 bits per heavy atom. The zero-order chi connectivity index (χ0) is 13.1. The molecule has 2 rings (SSSR count). The van der Waals surface area contributed by atoms with Crippen LogP contribution in [0.4, 0.5) is 11.4 Å². The van der Waals surface area contributed by atoms with Gasteiger partial charge in [-0.15, -0.1) is 0 Å². The third-order valence-corrected chi connectivity index (χ3v) is 3.31. The van der Waals surface area contributed by atoms with Crippen LogP contribution in [0.2, 0.25) is 5.02 Å². The Bertz CT molecular complexity index is 601. The number of hydrogen-bond donors (Lipinski definition) is 2. The summed E-state index contributed by atoms with van der Waals surface area (Å²) in [6.07, 6.45) is 0. The largest absolute Gasteiger partial charge is 0.397 e. The maximum absolute atomic E-state index is 12.0. The van der Waals surface area contributed by atoms with E-state index >= 15 is 0 Å². The van der Waals surface area contributed by atoms with Crippen LogP contribution >= 0.6 is 27.5 Å². The molecule has 0 radical (unpaired) electrons. The average molecular weight is 326 g/mol. The molecule has 0 aliphatic rings. The molecule has 0 aliphatic carbocycles. The van der Waals surface area contributed by atoms with E-state index in [1.807, 2.05) is 6.07 Å². The molecule has 0 heterocycles. The van der Waals surface area contributed by atoms with Gasteiger partial charge in [-0.3, -0.25) is 4.79 Å². The fraction of sp³-hybridized carbons (Fsp3) is 0. The first-order valence-corrected chi connectivity index (χ1v) is 6.36. The first-order valence-electron chi connectivity index (χ1n) is 5.19. The smallest absolute Gasteiger partial charge is 0.256 e. The van der Waals surface area contributed by atoms with Gasteiger partial charge in [-0.2, -0.15) is 0 Å². The first kappa shape index (κ1) is 12.9. The average Bonchev–Trinajstić information content (AvgIpc) is 2.33. The van der Waals surface area contributed by atoms with Crippen molar-refractivity contribution in [2.45, 2.75) is 0 Å². The molecule has 0 fully saturated rings. The molecule has 5 heteroatoms. The van der Waals surface area contributed by atoms with Crippen LogP contribution in [0.25, 0.3) is 0 Å². The highest BCUT2D eigenvalue weighted by atomic mass is 79.9. The number of halogens is 2. The summed E-state index contributed by atoms with van der Waals surface area (Å²) in [7, 11) is 0. The van der Waals surface area contributed by atoms with Gasteiger partial charge >= 0.3 is 0 Å². The van der Waals surface area contributed by atoms with Crippen molar-refractivity contribution in [1.29, 1.82) is 0 Å². The second kappa shape index (κ2) is 5.42. The summed E-state index contributed by atoms with van der Waals surface area (Å²) in [6.45, 7) is 0. The van der Waals surface area contributed by atoms with Crippen molar-refractivity contribution >= 4 is 44.8 Å². The SMILES string of the molecule is Nc1cc(Cl)ccc1NC(=O)c1ccccc1Br. The van der Waals surface area contributed by atoms with Crippen molar-refractivity contribution in [1.82, 2.24) is 0 Å². The highest BCUT2D eigenvalue weighted by molar-refractivity contribution is 9.10. The predicted octanol–water partition coefficient (Wildman–Crippen LogP) is 3.94. The van der Waals surface area contributed by atoms with Crippen LogP contribution in [0.5, 0.6) is 0 Å². The van der Waals surface area contributed by atoms with E-state index in [4.69, 9.17) is 17.3 Å². The molecule has 0 unspecified atom stereocenters. The van der Waals surface area contributed by atoms with Crippen molar-refractivity contribution in [2.24, 2.45) is 0 Å². The fourth-order valence-electron chi connectivity index (χ4n) is 1.48. The summed E-state index contributed by atoms with van der Waals surface area (Å²) < 4.78 is 0.732. The van der Waals surface area contributed by atoms with Crippen LogP contribution in [0.3, 0.4) is 0 Å². The molecule has 0 aromatic heterocycles. The quantitative estimate of drug-likeness (QED) is 0.822. The highest BCUT2D eigenvalue weighted by Gasteiger charge is 2.10. The third kappa shape index (κ3) is 2.83. The number of rotatable bonds is 2. The summed E-state index contributed by atoms with van der Waals surface area (Å²) in [5.74, 6) is -0.225. The van der Waals surface area contributed by atoms with E-state index in [0.29, 0.717) is 22.0 Å². The van der Waals surface area contributed by atoms with Crippen molar-refractivity contribution in [3.8, 4) is 0 Å². The van der Waals surface area contributed by atoms with Gasteiger partial charge in [-0.05, 0) is 46.3 Å². The Hall–Kier alpha value is -1.52. The first-order chi connectivity index (χ1) is 8.58. The number of nitrogens with one attached hydrogen (secondary N) is 1. The highest BCUT2D eigenvalue weighted by Crippen LogP contribution is 2.24. The molecule has 0 atom stereocenters. The topological polar surface area (TPSA) is 55.1 Å². The van der Waals surface area contributed by atoms with Crippen molar-refractivity contribution in [2.75, 3.05) is 11.1 Å². The lowest BCUT2D eigenvalue weighted by Gasteiger charge is -2.09. The summed E-state index contributed by atoms with van der Waals surface area (Å²) in [4.78, 5) is 12.0. The Morgan fingerprint density at radius 1 is 1.22 bits per heavy atom. The zero-order valence-corrected chi connectivity index (χ0v) is 11.6. The minimum atomic E-state index is -0.225. The van der Waals surface area contributed by atoms with Gasteiger partial charge in [0.25, 0.3) is 5.91 Å². The van der Waals surface area contributed by atoms with E-state index in [-0.39, 0.29) is 5.91 Å². The van der Waals surface area contributed by atoms with E-state index in [0.717, 1.165) is 4.47 Å². The van der Waals surface area contributed by atoms with Gasteiger partial charge in [0.1, 0.15) is 0 Å². The fourth-order valence-corrected chi connectivity index (χ4v) is 2.13. The van der Waals surface area contributed by atoms with Gasteiger partial charge in [0, 0.05) is 9.50 Å². The van der Waals surface area contributed by atoms with Crippen molar-refractivity contribution in [3.05, 3.63) is 57.5 Å². The number of benzene rings is 2. The van der Waals surface area contributed by atoms with Crippen LogP contribution in [0.1, 0.15) is 10.4 Å². The molecule has 3 N–H and O–H groups in total. The maximum atomic E-state index is 12.0. The van der Waals surface area contributed by atoms with Crippen molar-refractivity contribution < 1.29 is 4.79 Å². The molecule has 0 saturated heterocycles. The maximum Gasteiger partial charge on any atom is 0.256 e. The Labute approximate surface area is 118 Å². The number of carbonyl (C=O) groups is 1. The van der Waals surface area contributed by atoms with Gasteiger partial charge in [0.2, 0.25) is 0 Å². The summed E-state index contributed by atoms with van der Waals surface area (Å²) in [5.41, 5.74) is 7.30. The molecule has 0 spiro atoms. The zero-order valence-electron chi connectivity index (χ0n) is 9.28. The van der Waals surface area contributed by atoms with Crippen LogP contribution in [0, 0.1) is 0 Å². The number of nitrogens with two attached hydrogens (primary N) is 1. The van der Waals surface area contributed by atoms with Gasteiger partial charge in [-0.25, -0.2) is 0 Å². The van der Waals surface area contributed by atoms with E-state index in [2.05, 4.69) is 21.2 Å². The molecule has 1 amide bonds. The summed E-state index contributed by atoms with van der Waals surface area (Å²) >= 11 is 9.12. The molecule has 2 aromatic carbocycles. The lowest BCUT2D eigenvalue weighted by molar-refractivity contribution is 0.102. The molecule has 3 nitrogen and oxygen atoms in total. The molecule has 92 valence electrons. The Kier molecular flexibility index (Phi) is 3.89. The summed E-state index contributed by atoms with van der Waals surface area (Å²) in [6, 6.07) is 12.1. The molecule has 0 bridgehead atoms. The molecular formula is C13H10BrClN2O. The molecular weight excluding hydrogens is 316 g/mol. The van der Waals surface area contributed by atoms with Crippen LogP contribution in [-0.4, -0.2) is 5.91 Å². The van der Waals surface area contributed by atoms with E-state index in [1.165, 1.54) is 0 Å². The van der Waals surface area contributed by atoms with E-state index in [9.17, 15) is 4.79 Å². The monoisotopic (exact) mass is 324 g/mol. The minimum Gasteiger partial charge on any atom is -0.397 e. The number of anilines is 2. The molecule has 18 heavy (non-hydrogen) atoms. The normalized spacial score (nSPS) is 10.1. The predicted molar refractivity (Wildman–Crippen MR) is 78.0 cm³/mol. The van der Waals surface area contributed by atoms with E-state index < -0.39 is 0 Å². The second-order valence-electron chi connectivity index (χ2n) is 3.67.